The summed E-state index contributed by atoms with van der Waals surface area (Å²) in [6.07, 6.45) is 0. The van der Waals surface area contributed by atoms with Crippen LogP contribution in [0.2, 0.25) is 0 Å². The molecule has 0 aliphatic carbocycles. The van der Waals surface area contributed by atoms with Crippen LogP contribution in [0.3, 0.4) is 0 Å². The number of aromatic nitrogens is 1. The molecule has 0 atom stereocenters. The maximum atomic E-state index is 11.4. The van der Waals surface area contributed by atoms with E-state index in [0.29, 0.717) is 0 Å². The van der Waals surface area contributed by atoms with E-state index in [-0.39, 0.29) is 23.1 Å². The fraction of sp³-hybridized carbons (Fsp3) is 0. The smallest absolute Gasteiger partial charge is 0.382 e. The van der Waals surface area contributed by atoms with Gasteiger partial charge in [0.15, 0.2) is 5.82 Å². The van der Waals surface area contributed by atoms with Crippen LogP contribution in [0.15, 0.2) is 34.9 Å². The van der Waals surface area contributed by atoms with E-state index in [2.05, 4.69) is 9.68 Å². The van der Waals surface area contributed by atoms with Gasteiger partial charge in [0.05, 0.1) is 0 Å². The van der Waals surface area contributed by atoms with Crippen LogP contribution in [0.4, 0.5) is 5.82 Å². The number of benzene rings is 1. The number of nitrogens with zero attached hydrogens (tertiary/aromatic N) is 1. The van der Waals surface area contributed by atoms with Crippen molar-refractivity contribution >= 4 is 11.8 Å². The maximum Gasteiger partial charge on any atom is 0.382 e. The Morgan fingerprint density at radius 2 is 2.06 bits per heavy atom. The third-order valence-corrected chi connectivity index (χ3v) is 1.78. The number of rotatable bonds is 2. The lowest BCUT2D eigenvalue weighted by Crippen LogP contribution is -2.06. The van der Waals surface area contributed by atoms with Gasteiger partial charge >= 0.3 is 5.97 Å². The number of nitrogen functional groups attached to an aromatic ring is 1. The summed E-state index contributed by atoms with van der Waals surface area (Å²) in [6, 6.07) is 6.97. The average molecular weight is 220 g/mol. The van der Waals surface area contributed by atoms with E-state index >= 15 is 0 Å². The number of carbonyl (C=O) groups is 1. The first kappa shape index (κ1) is 10.0. The average Bonchev–Trinajstić information content (AvgIpc) is 2.68. The zero-order chi connectivity index (χ0) is 11.5. The molecule has 0 fully saturated rings. The predicted molar refractivity (Wildman–Crippen MR) is 54.0 cm³/mol. The summed E-state index contributed by atoms with van der Waals surface area (Å²) in [5.41, 5.74) is 5.28. The molecule has 16 heavy (non-hydrogen) atoms. The largest absolute Gasteiger partial charge is 0.508 e. The summed E-state index contributed by atoms with van der Waals surface area (Å²) in [5.74, 6) is -0.292. The number of hydrogen-bond donors (Lipinski definition) is 2. The molecule has 1 aromatic carbocycles. The second-order valence-corrected chi connectivity index (χ2v) is 3.00. The molecule has 0 radical (unpaired) electrons. The van der Waals surface area contributed by atoms with Gasteiger partial charge in [-0.05, 0) is 24.3 Å². The fourth-order valence-electron chi connectivity index (χ4n) is 1.06. The van der Waals surface area contributed by atoms with Crippen LogP contribution in [0.5, 0.6) is 11.5 Å². The third kappa shape index (κ3) is 2.11. The van der Waals surface area contributed by atoms with Gasteiger partial charge in [0.25, 0.3) is 0 Å². The van der Waals surface area contributed by atoms with E-state index < -0.39 is 5.97 Å². The minimum atomic E-state index is -0.699. The van der Waals surface area contributed by atoms with Crippen LogP contribution < -0.4 is 10.5 Å². The van der Waals surface area contributed by atoms with Crippen LogP contribution in [0.1, 0.15) is 10.6 Å². The van der Waals surface area contributed by atoms with E-state index in [1.165, 1.54) is 30.3 Å². The number of hydrogen-bond acceptors (Lipinski definition) is 6. The van der Waals surface area contributed by atoms with Crippen molar-refractivity contribution < 1.29 is 19.2 Å². The Labute approximate surface area is 90.2 Å². The molecular formula is C10H8N2O4. The van der Waals surface area contributed by atoms with Crippen molar-refractivity contribution in [3.8, 4) is 11.5 Å². The molecule has 0 aliphatic rings. The Balaban J connectivity index is 2.10. The molecule has 0 saturated carbocycles. The lowest BCUT2D eigenvalue weighted by Gasteiger charge is -2.00. The molecular weight excluding hydrogens is 212 g/mol. The zero-order valence-corrected chi connectivity index (χ0v) is 8.08. The molecule has 1 aromatic heterocycles. The Morgan fingerprint density at radius 1 is 1.38 bits per heavy atom. The van der Waals surface area contributed by atoms with Crippen molar-refractivity contribution in [1.82, 2.24) is 5.16 Å². The molecule has 0 bridgehead atoms. The van der Waals surface area contributed by atoms with Crippen molar-refractivity contribution in [3.63, 3.8) is 0 Å². The topological polar surface area (TPSA) is 98.6 Å². The Bertz CT molecular complexity index is 504. The second kappa shape index (κ2) is 3.93. The quantitative estimate of drug-likeness (QED) is 0.582. The predicted octanol–water partition coefficient (Wildman–Crippen LogP) is 1.18. The summed E-state index contributed by atoms with van der Waals surface area (Å²) in [4.78, 5) is 11.4. The molecule has 3 N–H and O–H groups in total. The summed E-state index contributed by atoms with van der Waals surface area (Å²) >= 11 is 0. The molecule has 0 unspecified atom stereocenters. The van der Waals surface area contributed by atoms with Gasteiger partial charge in [-0.25, -0.2) is 4.79 Å². The first-order chi connectivity index (χ1) is 7.65. The molecule has 6 nitrogen and oxygen atoms in total. The van der Waals surface area contributed by atoms with E-state index in [1.54, 1.807) is 0 Å². The molecule has 0 aliphatic heterocycles. The number of nitrogens with two attached hydrogens (primary N) is 1. The molecule has 0 amide bonds. The standard InChI is InChI=1S/C10H8N2O4/c11-9-5-8(16-12-9)10(14)15-7-3-1-6(13)2-4-7/h1-5,13H,(H2,11,12). The van der Waals surface area contributed by atoms with E-state index in [4.69, 9.17) is 15.6 Å². The van der Waals surface area contributed by atoms with Gasteiger partial charge in [-0.2, -0.15) is 0 Å². The molecule has 1 heterocycles. The highest BCUT2D eigenvalue weighted by Crippen LogP contribution is 2.17. The Kier molecular flexibility index (Phi) is 2.47. The molecule has 82 valence electrons. The van der Waals surface area contributed by atoms with Gasteiger partial charge in [0.2, 0.25) is 5.76 Å². The second-order valence-electron chi connectivity index (χ2n) is 3.00. The van der Waals surface area contributed by atoms with Gasteiger partial charge in [-0.15, -0.1) is 0 Å². The first-order valence-corrected chi connectivity index (χ1v) is 4.38. The number of anilines is 1. The summed E-state index contributed by atoms with van der Waals surface area (Å²) in [5, 5.41) is 12.4. The minimum Gasteiger partial charge on any atom is -0.508 e. The highest BCUT2D eigenvalue weighted by molar-refractivity contribution is 5.88. The van der Waals surface area contributed by atoms with Gasteiger partial charge < -0.3 is 20.1 Å². The number of esters is 1. The van der Waals surface area contributed by atoms with Crippen LogP contribution in [-0.2, 0) is 0 Å². The maximum absolute atomic E-state index is 11.4. The third-order valence-electron chi connectivity index (χ3n) is 1.78. The SMILES string of the molecule is Nc1cc(C(=O)Oc2ccc(O)cc2)on1. The van der Waals surface area contributed by atoms with Crippen molar-refractivity contribution in [1.29, 1.82) is 0 Å². The number of carbonyl (C=O) groups excluding carboxylic acids is 1. The molecule has 0 saturated heterocycles. The van der Waals surface area contributed by atoms with E-state index in [9.17, 15) is 4.79 Å². The van der Waals surface area contributed by atoms with Crippen molar-refractivity contribution in [3.05, 3.63) is 36.1 Å². The van der Waals surface area contributed by atoms with Gasteiger partial charge in [0.1, 0.15) is 11.5 Å². The highest BCUT2D eigenvalue weighted by Gasteiger charge is 2.14. The van der Waals surface area contributed by atoms with Crippen LogP contribution >= 0.6 is 0 Å². The monoisotopic (exact) mass is 220 g/mol. The lowest BCUT2D eigenvalue weighted by molar-refractivity contribution is 0.0691. The molecule has 2 rings (SSSR count). The number of phenols is 1. The van der Waals surface area contributed by atoms with E-state index in [0.717, 1.165) is 0 Å². The van der Waals surface area contributed by atoms with Gasteiger partial charge in [-0.1, -0.05) is 5.16 Å². The van der Waals surface area contributed by atoms with Crippen molar-refractivity contribution in [2.45, 2.75) is 0 Å². The van der Waals surface area contributed by atoms with E-state index in [1.807, 2.05) is 0 Å². The number of aromatic hydroxyl groups is 1. The molecule has 0 spiro atoms. The molecule has 6 heteroatoms. The van der Waals surface area contributed by atoms with Gasteiger partial charge in [0, 0.05) is 6.07 Å². The van der Waals surface area contributed by atoms with Crippen LogP contribution in [0, 0.1) is 0 Å². The minimum absolute atomic E-state index is 0.0782. The van der Waals surface area contributed by atoms with Gasteiger partial charge in [-0.3, -0.25) is 0 Å². The number of ether oxygens (including phenoxy) is 1. The van der Waals surface area contributed by atoms with Crippen molar-refractivity contribution in [2.24, 2.45) is 0 Å². The highest BCUT2D eigenvalue weighted by atomic mass is 16.6. The Hall–Kier alpha value is -2.50. The molecule has 2 aromatic rings. The zero-order valence-electron chi connectivity index (χ0n) is 8.08. The first-order valence-electron chi connectivity index (χ1n) is 4.38. The summed E-state index contributed by atoms with van der Waals surface area (Å²) in [7, 11) is 0. The summed E-state index contributed by atoms with van der Waals surface area (Å²) < 4.78 is 9.55. The van der Waals surface area contributed by atoms with Crippen molar-refractivity contribution in [2.75, 3.05) is 5.73 Å². The Morgan fingerprint density at radius 3 is 2.62 bits per heavy atom. The van der Waals surface area contributed by atoms with Crippen LogP contribution in [-0.4, -0.2) is 16.2 Å². The summed E-state index contributed by atoms with van der Waals surface area (Å²) in [6.45, 7) is 0. The lowest BCUT2D eigenvalue weighted by atomic mass is 10.3. The van der Waals surface area contributed by atoms with Crippen LogP contribution in [0.25, 0.3) is 0 Å². The normalized spacial score (nSPS) is 10.0. The fourth-order valence-corrected chi connectivity index (χ4v) is 1.06. The number of phenolic OH excluding ortho intramolecular Hbond substituents is 1.